The number of para-hydroxylation sites is 1. The van der Waals surface area contributed by atoms with Crippen molar-refractivity contribution in [3.05, 3.63) is 71.4 Å². The fourth-order valence-corrected chi connectivity index (χ4v) is 2.58. The molecule has 0 bridgehead atoms. The number of nitrogens with two attached hydrogens (primary N) is 1. The van der Waals surface area contributed by atoms with Crippen LogP contribution in [0.2, 0.25) is 5.02 Å². The Morgan fingerprint density at radius 1 is 1.22 bits per heavy atom. The van der Waals surface area contributed by atoms with Crippen molar-refractivity contribution in [3.63, 3.8) is 0 Å². The Morgan fingerprint density at radius 2 is 1.96 bits per heavy atom. The highest BCUT2D eigenvalue weighted by Gasteiger charge is 2.18. The number of hydrogen-bond donors (Lipinski definition) is 2. The molecule has 0 saturated carbocycles. The zero-order valence-electron chi connectivity index (χ0n) is 14.5. The summed E-state index contributed by atoms with van der Waals surface area (Å²) in [5.41, 5.74) is 4.14. The molecule has 140 valence electrons. The summed E-state index contributed by atoms with van der Waals surface area (Å²) in [5, 5.41) is 6.08. The maximum atomic E-state index is 11.9. The molecular weight excluding hydrogens is 370 g/mol. The molecule has 2 aromatic carbocycles. The number of urea groups is 1. The van der Waals surface area contributed by atoms with Gasteiger partial charge in [0.05, 0.1) is 18.5 Å². The van der Waals surface area contributed by atoms with Crippen LogP contribution in [0, 0.1) is 0 Å². The number of nitrogens with zero attached hydrogens (tertiary/aromatic N) is 3. The minimum Gasteiger partial charge on any atom is -0.472 e. The summed E-state index contributed by atoms with van der Waals surface area (Å²) in [6.07, 6.45) is 1.79. The number of rotatable bonds is 6. The summed E-state index contributed by atoms with van der Waals surface area (Å²) < 4.78 is 7.44. The number of amides is 2. The minimum atomic E-state index is -0.600. The van der Waals surface area contributed by atoms with Crippen LogP contribution < -0.4 is 21.1 Å². The number of nitrogens with one attached hydrogen (secondary N) is 1. The highest BCUT2D eigenvalue weighted by atomic mass is 35.5. The SMILES string of the molecule is CON(C(=O)NN)c1ccccc1COc1ccn(-c2ccc(Cl)cc2)n1. The van der Waals surface area contributed by atoms with Gasteiger partial charge in [-0.2, -0.15) is 5.06 Å². The molecular formula is C18H18ClN5O3. The molecule has 27 heavy (non-hydrogen) atoms. The van der Waals surface area contributed by atoms with E-state index in [2.05, 4.69) is 5.10 Å². The van der Waals surface area contributed by atoms with E-state index in [1.54, 1.807) is 41.2 Å². The number of carbonyl (C=O) groups excluding carboxylic acids is 1. The number of benzene rings is 2. The molecule has 0 spiro atoms. The van der Waals surface area contributed by atoms with Gasteiger partial charge in [0.2, 0.25) is 5.88 Å². The van der Waals surface area contributed by atoms with Gasteiger partial charge in [-0.3, -0.25) is 10.3 Å². The maximum absolute atomic E-state index is 11.9. The molecule has 3 aromatic rings. The maximum Gasteiger partial charge on any atom is 0.360 e. The molecule has 0 aliphatic rings. The second kappa shape index (κ2) is 8.54. The molecule has 3 N–H and O–H groups in total. The number of ether oxygens (including phenoxy) is 1. The Hall–Kier alpha value is -3.07. The predicted octanol–water partition coefficient (Wildman–Crippen LogP) is 3.06. The molecule has 0 aliphatic carbocycles. The van der Waals surface area contributed by atoms with Crippen molar-refractivity contribution in [1.82, 2.24) is 15.2 Å². The first-order valence-corrected chi connectivity index (χ1v) is 8.37. The van der Waals surface area contributed by atoms with Crippen LogP contribution in [-0.4, -0.2) is 22.9 Å². The van der Waals surface area contributed by atoms with Crippen molar-refractivity contribution in [1.29, 1.82) is 0 Å². The second-order valence-electron chi connectivity index (χ2n) is 5.42. The van der Waals surface area contributed by atoms with Crippen molar-refractivity contribution in [3.8, 4) is 11.6 Å². The summed E-state index contributed by atoms with van der Waals surface area (Å²) in [4.78, 5) is 17.0. The monoisotopic (exact) mass is 387 g/mol. The van der Waals surface area contributed by atoms with Gasteiger partial charge in [0.15, 0.2) is 0 Å². The third-order valence-corrected chi connectivity index (χ3v) is 3.98. The number of halogens is 1. The third-order valence-electron chi connectivity index (χ3n) is 3.73. The van der Waals surface area contributed by atoms with Crippen LogP contribution in [0.3, 0.4) is 0 Å². The Balaban J connectivity index is 1.74. The normalized spacial score (nSPS) is 10.5. The quantitative estimate of drug-likeness (QED) is 0.385. The van der Waals surface area contributed by atoms with E-state index in [9.17, 15) is 4.79 Å². The van der Waals surface area contributed by atoms with Crippen LogP contribution in [-0.2, 0) is 11.4 Å². The van der Waals surface area contributed by atoms with Gasteiger partial charge < -0.3 is 4.74 Å². The van der Waals surface area contributed by atoms with Crippen LogP contribution in [0.1, 0.15) is 5.56 Å². The molecule has 0 fully saturated rings. The number of hydroxylamine groups is 1. The molecule has 8 nitrogen and oxygen atoms in total. The number of hydrogen-bond acceptors (Lipinski definition) is 5. The standard InChI is InChI=1S/C18H18ClN5O3/c1-26-24(18(25)21-20)16-5-3-2-4-13(16)12-27-17-10-11-23(22-17)15-8-6-14(19)7-9-15/h2-11H,12,20H2,1H3,(H,21,25). The number of anilines is 1. The van der Waals surface area contributed by atoms with Crippen LogP contribution >= 0.6 is 11.6 Å². The fourth-order valence-electron chi connectivity index (χ4n) is 2.45. The van der Waals surface area contributed by atoms with Gasteiger partial charge in [0, 0.05) is 22.8 Å². The van der Waals surface area contributed by atoms with E-state index >= 15 is 0 Å². The van der Waals surface area contributed by atoms with Gasteiger partial charge in [0.25, 0.3) is 0 Å². The van der Waals surface area contributed by atoms with Gasteiger partial charge >= 0.3 is 6.03 Å². The minimum absolute atomic E-state index is 0.186. The topological polar surface area (TPSA) is 94.6 Å². The third kappa shape index (κ3) is 4.37. The molecule has 0 unspecified atom stereocenters. The fraction of sp³-hybridized carbons (Fsp3) is 0.111. The average Bonchev–Trinajstić information content (AvgIpc) is 3.17. The van der Waals surface area contributed by atoms with Crippen LogP contribution in [0.15, 0.2) is 60.8 Å². The smallest absolute Gasteiger partial charge is 0.360 e. The molecule has 2 amide bonds. The van der Waals surface area contributed by atoms with Crippen LogP contribution in [0.4, 0.5) is 10.5 Å². The van der Waals surface area contributed by atoms with E-state index in [1.165, 1.54) is 7.11 Å². The number of carbonyl (C=O) groups is 1. The Morgan fingerprint density at radius 3 is 2.67 bits per heavy atom. The molecule has 1 heterocycles. The van der Waals surface area contributed by atoms with Crippen molar-refractivity contribution >= 4 is 23.3 Å². The van der Waals surface area contributed by atoms with Gasteiger partial charge in [0.1, 0.15) is 6.61 Å². The van der Waals surface area contributed by atoms with E-state index in [0.29, 0.717) is 16.6 Å². The summed E-state index contributed by atoms with van der Waals surface area (Å²) in [7, 11) is 1.38. The van der Waals surface area contributed by atoms with Gasteiger partial charge in [-0.05, 0) is 30.3 Å². The van der Waals surface area contributed by atoms with Crippen molar-refractivity contribution < 1.29 is 14.4 Å². The lowest BCUT2D eigenvalue weighted by Crippen LogP contribution is -2.43. The predicted molar refractivity (Wildman–Crippen MR) is 102 cm³/mol. The van der Waals surface area contributed by atoms with Crippen molar-refractivity contribution in [2.24, 2.45) is 5.84 Å². The highest BCUT2D eigenvalue weighted by molar-refractivity contribution is 6.30. The first-order valence-electron chi connectivity index (χ1n) is 7.99. The lowest BCUT2D eigenvalue weighted by atomic mass is 10.2. The molecule has 1 aromatic heterocycles. The first kappa shape index (κ1) is 18.7. The molecule has 0 atom stereocenters. The number of hydrazine groups is 1. The Labute approximate surface area is 161 Å². The zero-order valence-corrected chi connectivity index (χ0v) is 15.3. The van der Waals surface area contributed by atoms with E-state index in [0.717, 1.165) is 16.3 Å². The highest BCUT2D eigenvalue weighted by Crippen LogP contribution is 2.23. The molecule has 9 heteroatoms. The summed E-state index contributed by atoms with van der Waals surface area (Å²) >= 11 is 5.90. The first-order chi connectivity index (χ1) is 13.1. The molecule has 0 aliphatic heterocycles. The van der Waals surface area contributed by atoms with Crippen LogP contribution in [0.5, 0.6) is 5.88 Å². The summed E-state index contributed by atoms with van der Waals surface area (Å²) in [6, 6.07) is 15.6. The van der Waals surface area contributed by atoms with Gasteiger partial charge in [-0.15, -0.1) is 5.10 Å². The van der Waals surface area contributed by atoms with E-state index in [4.69, 9.17) is 27.0 Å². The van der Waals surface area contributed by atoms with Crippen LogP contribution in [0.25, 0.3) is 5.69 Å². The average molecular weight is 388 g/mol. The summed E-state index contributed by atoms with van der Waals surface area (Å²) in [5.74, 6) is 5.63. The van der Waals surface area contributed by atoms with E-state index < -0.39 is 6.03 Å². The van der Waals surface area contributed by atoms with Crippen molar-refractivity contribution in [2.75, 3.05) is 12.2 Å². The Kier molecular flexibility index (Phi) is 5.92. The second-order valence-corrected chi connectivity index (χ2v) is 5.86. The molecule has 0 saturated heterocycles. The van der Waals surface area contributed by atoms with Gasteiger partial charge in [-0.25, -0.2) is 15.3 Å². The van der Waals surface area contributed by atoms with Crippen molar-refractivity contribution in [2.45, 2.75) is 6.61 Å². The van der Waals surface area contributed by atoms with E-state index in [-0.39, 0.29) is 6.61 Å². The number of aromatic nitrogens is 2. The van der Waals surface area contributed by atoms with Gasteiger partial charge in [-0.1, -0.05) is 29.8 Å². The largest absolute Gasteiger partial charge is 0.472 e. The lowest BCUT2D eigenvalue weighted by Gasteiger charge is -2.21. The van der Waals surface area contributed by atoms with E-state index in [1.807, 2.05) is 29.7 Å². The zero-order chi connectivity index (χ0) is 19.2. The molecule has 0 radical (unpaired) electrons. The lowest BCUT2D eigenvalue weighted by molar-refractivity contribution is 0.162. The molecule has 3 rings (SSSR count). The Bertz CT molecular complexity index is 913. The summed E-state index contributed by atoms with van der Waals surface area (Å²) in [6.45, 7) is 0.186.